The molecular weight excluding hydrogens is 202 g/mol. The maximum absolute atomic E-state index is 12.0. The van der Waals surface area contributed by atoms with Crippen LogP contribution in [0.25, 0.3) is 0 Å². The van der Waals surface area contributed by atoms with Crippen molar-refractivity contribution in [3.8, 4) is 0 Å². The van der Waals surface area contributed by atoms with Gasteiger partial charge in [0.15, 0.2) is 0 Å². The van der Waals surface area contributed by atoms with E-state index in [-0.39, 0.29) is 5.91 Å². The van der Waals surface area contributed by atoms with Crippen LogP contribution in [0.3, 0.4) is 0 Å². The molecule has 0 spiro atoms. The lowest BCUT2D eigenvalue weighted by Crippen LogP contribution is -2.37. The maximum atomic E-state index is 12.0. The molecule has 0 aromatic carbocycles. The zero-order valence-electron chi connectivity index (χ0n) is 9.86. The molecule has 0 aliphatic heterocycles. The Morgan fingerprint density at radius 1 is 1.56 bits per heavy atom. The zero-order chi connectivity index (χ0) is 11.7. The number of nitrogens with one attached hydrogen (secondary N) is 1. The number of rotatable bonds is 2. The molecule has 1 aliphatic rings. The van der Waals surface area contributed by atoms with Gasteiger partial charge >= 0.3 is 0 Å². The van der Waals surface area contributed by atoms with Gasteiger partial charge < -0.3 is 15.6 Å². The van der Waals surface area contributed by atoms with Crippen molar-refractivity contribution in [3.63, 3.8) is 0 Å². The van der Waals surface area contributed by atoms with Crippen molar-refractivity contribution in [3.05, 3.63) is 18.0 Å². The SMILES string of the molecule is CC1CCCC1NC(=O)c1cc(N)cn1C. The molecule has 0 radical (unpaired) electrons. The van der Waals surface area contributed by atoms with Gasteiger partial charge in [-0.25, -0.2) is 0 Å². The molecule has 1 heterocycles. The fraction of sp³-hybridized carbons (Fsp3) is 0.583. The van der Waals surface area contributed by atoms with E-state index in [0.29, 0.717) is 23.3 Å². The summed E-state index contributed by atoms with van der Waals surface area (Å²) in [6.45, 7) is 2.19. The zero-order valence-corrected chi connectivity index (χ0v) is 9.86. The average molecular weight is 221 g/mol. The summed E-state index contributed by atoms with van der Waals surface area (Å²) in [5.74, 6) is 0.569. The van der Waals surface area contributed by atoms with Gasteiger partial charge in [0.1, 0.15) is 5.69 Å². The van der Waals surface area contributed by atoms with Crippen molar-refractivity contribution in [1.29, 1.82) is 0 Å². The minimum Gasteiger partial charge on any atom is -0.397 e. The second-order valence-electron chi connectivity index (χ2n) is 4.76. The minimum absolute atomic E-state index is 0.0158. The third-order valence-electron chi connectivity index (χ3n) is 3.44. The molecule has 0 saturated heterocycles. The van der Waals surface area contributed by atoms with Crippen LogP contribution in [0.1, 0.15) is 36.7 Å². The summed E-state index contributed by atoms with van der Waals surface area (Å²) in [5, 5.41) is 3.08. The van der Waals surface area contributed by atoms with Gasteiger partial charge in [0.05, 0.1) is 5.69 Å². The van der Waals surface area contributed by atoms with Gasteiger partial charge in [0.2, 0.25) is 0 Å². The van der Waals surface area contributed by atoms with E-state index >= 15 is 0 Å². The van der Waals surface area contributed by atoms with Crippen LogP contribution in [0.5, 0.6) is 0 Å². The van der Waals surface area contributed by atoms with Crippen LogP contribution in [-0.2, 0) is 7.05 Å². The molecule has 1 aromatic rings. The smallest absolute Gasteiger partial charge is 0.268 e. The predicted molar refractivity (Wildman–Crippen MR) is 64.1 cm³/mol. The number of hydrogen-bond donors (Lipinski definition) is 2. The molecule has 88 valence electrons. The Hall–Kier alpha value is -1.45. The summed E-state index contributed by atoms with van der Waals surface area (Å²) < 4.78 is 1.77. The molecule has 0 bridgehead atoms. The first-order valence-corrected chi connectivity index (χ1v) is 5.80. The van der Waals surface area contributed by atoms with Crippen LogP contribution >= 0.6 is 0 Å². The van der Waals surface area contributed by atoms with Gasteiger partial charge in [-0.1, -0.05) is 13.3 Å². The van der Waals surface area contributed by atoms with E-state index in [1.165, 1.54) is 12.8 Å². The van der Waals surface area contributed by atoms with Gasteiger partial charge in [0.25, 0.3) is 5.91 Å². The number of nitrogens with zero attached hydrogens (tertiary/aromatic N) is 1. The van der Waals surface area contributed by atoms with Gasteiger partial charge in [-0.2, -0.15) is 0 Å². The molecule has 2 atom stereocenters. The minimum atomic E-state index is -0.0158. The topological polar surface area (TPSA) is 60.1 Å². The van der Waals surface area contributed by atoms with Gasteiger partial charge in [-0.3, -0.25) is 4.79 Å². The molecule has 3 N–H and O–H groups in total. The van der Waals surface area contributed by atoms with E-state index in [0.717, 1.165) is 6.42 Å². The summed E-state index contributed by atoms with van der Waals surface area (Å²) in [5.41, 5.74) is 6.92. The summed E-state index contributed by atoms with van der Waals surface area (Å²) in [6, 6.07) is 2.04. The van der Waals surface area contributed by atoms with Crippen LogP contribution in [0.2, 0.25) is 0 Å². The molecule has 1 saturated carbocycles. The summed E-state index contributed by atoms with van der Waals surface area (Å²) >= 11 is 0. The van der Waals surface area contributed by atoms with E-state index in [1.54, 1.807) is 16.8 Å². The van der Waals surface area contributed by atoms with E-state index in [1.807, 2.05) is 7.05 Å². The van der Waals surface area contributed by atoms with Crippen LogP contribution in [0, 0.1) is 5.92 Å². The highest BCUT2D eigenvalue weighted by molar-refractivity contribution is 5.94. The second kappa shape index (κ2) is 4.20. The monoisotopic (exact) mass is 221 g/mol. The number of anilines is 1. The Bertz CT molecular complexity index is 397. The third kappa shape index (κ3) is 2.05. The quantitative estimate of drug-likeness (QED) is 0.795. The number of aryl methyl sites for hydroxylation is 1. The Morgan fingerprint density at radius 2 is 2.31 bits per heavy atom. The van der Waals surface area contributed by atoms with Crippen molar-refractivity contribution < 1.29 is 4.79 Å². The maximum Gasteiger partial charge on any atom is 0.268 e. The van der Waals surface area contributed by atoms with Crippen molar-refractivity contribution in [2.75, 3.05) is 5.73 Å². The molecule has 16 heavy (non-hydrogen) atoms. The fourth-order valence-corrected chi connectivity index (χ4v) is 2.42. The van der Waals surface area contributed by atoms with Gasteiger partial charge in [-0.05, 0) is 24.8 Å². The molecule has 4 heteroatoms. The van der Waals surface area contributed by atoms with Gasteiger partial charge in [-0.15, -0.1) is 0 Å². The number of nitrogen functional groups attached to an aromatic ring is 1. The highest BCUT2D eigenvalue weighted by Crippen LogP contribution is 2.25. The predicted octanol–water partition coefficient (Wildman–Crippen LogP) is 1.53. The van der Waals surface area contributed by atoms with Crippen LogP contribution < -0.4 is 11.1 Å². The molecule has 1 aromatic heterocycles. The van der Waals surface area contributed by atoms with E-state index in [9.17, 15) is 4.79 Å². The van der Waals surface area contributed by atoms with Crippen molar-refractivity contribution in [2.24, 2.45) is 13.0 Å². The van der Waals surface area contributed by atoms with Crippen LogP contribution in [0.15, 0.2) is 12.3 Å². The highest BCUT2D eigenvalue weighted by atomic mass is 16.2. The molecule has 1 amide bonds. The number of hydrogen-bond acceptors (Lipinski definition) is 2. The molecule has 1 aliphatic carbocycles. The molecule has 4 nitrogen and oxygen atoms in total. The van der Waals surface area contributed by atoms with E-state index < -0.39 is 0 Å². The van der Waals surface area contributed by atoms with Crippen molar-refractivity contribution in [2.45, 2.75) is 32.2 Å². The summed E-state index contributed by atoms with van der Waals surface area (Å²) in [7, 11) is 1.84. The molecule has 1 fully saturated rings. The fourth-order valence-electron chi connectivity index (χ4n) is 2.42. The van der Waals surface area contributed by atoms with Crippen LogP contribution in [0.4, 0.5) is 5.69 Å². The Balaban J connectivity index is 2.05. The summed E-state index contributed by atoms with van der Waals surface area (Å²) in [4.78, 5) is 12.0. The van der Waals surface area contributed by atoms with Gasteiger partial charge in [0, 0.05) is 19.3 Å². The lowest BCUT2D eigenvalue weighted by molar-refractivity contribution is 0.0921. The number of nitrogens with two attached hydrogens (primary N) is 1. The molecule has 2 unspecified atom stereocenters. The lowest BCUT2D eigenvalue weighted by Gasteiger charge is -2.17. The molecule has 2 rings (SSSR count). The van der Waals surface area contributed by atoms with E-state index in [4.69, 9.17) is 5.73 Å². The highest BCUT2D eigenvalue weighted by Gasteiger charge is 2.25. The Morgan fingerprint density at radius 3 is 2.81 bits per heavy atom. The largest absolute Gasteiger partial charge is 0.397 e. The second-order valence-corrected chi connectivity index (χ2v) is 4.76. The first-order chi connectivity index (χ1) is 7.58. The number of amides is 1. The third-order valence-corrected chi connectivity index (χ3v) is 3.44. The summed E-state index contributed by atoms with van der Waals surface area (Å²) in [6.07, 6.45) is 5.27. The van der Waals surface area contributed by atoms with Crippen molar-refractivity contribution in [1.82, 2.24) is 9.88 Å². The first kappa shape index (κ1) is 11.0. The Kier molecular flexibility index (Phi) is 2.90. The normalized spacial score (nSPS) is 24.6. The van der Waals surface area contributed by atoms with Crippen LogP contribution in [-0.4, -0.2) is 16.5 Å². The lowest BCUT2D eigenvalue weighted by atomic mass is 10.1. The number of aromatic nitrogens is 1. The standard InChI is InChI=1S/C12H19N3O/c1-8-4-3-5-10(8)14-12(16)11-6-9(13)7-15(11)2/h6-8,10H,3-5,13H2,1-2H3,(H,14,16). The molecular formula is C12H19N3O. The number of carbonyl (C=O) groups is 1. The van der Waals surface area contributed by atoms with Crippen molar-refractivity contribution >= 4 is 11.6 Å². The van der Waals surface area contributed by atoms with E-state index in [2.05, 4.69) is 12.2 Å². The number of carbonyl (C=O) groups excluding carboxylic acids is 1. The first-order valence-electron chi connectivity index (χ1n) is 5.80. The average Bonchev–Trinajstić information content (AvgIpc) is 2.74. The Labute approximate surface area is 95.8 Å².